The molecule has 1 aliphatic heterocycles. The molecule has 0 unspecified atom stereocenters. The summed E-state index contributed by atoms with van der Waals surface area (Å²) in [7, 11) is 0. The molecule has 0 radical (unpaired) electrons. The first kappa shape index (κ1) is 19.2. The largest absolute Gasteiger partial charge is 0.444 e. The molecule has 1 fully saturated rings. The number of alkyl carbamates (subject to hydrolysis) is 1. The van der Waals surface area contributed by atoms with Crippen LogP contribution in [0.3, 0.4) is 0 Å². The monoisotopic (exact) mass is 380 g/mol. The van der Waals surface area contributed by atoms with Crippen LogP contribution in [0, 0.1) is 4.91 Å². The lowest BCUT2D eigenvalue weighted by molar-refractivity contribution is -0.911. The molecule has 0 bridgehead atoms. The minimum absolute atomic E-state index is 0.0102. The molecule has 1 saturated heterocycles. The van der Waals surface area contributed by atoms with Crippen molar-refractivity contribution in [2.75, 3.05) is 18.0 Å². The number of hydrogen-bond donors (Lipinski definition) is 3. The van der Waals surface area contributed by atoms with E-state index in [-0.39, 0.29) is 16.7 Å². The zero-order valence-electron chi connectivity index (χ0n) is 16.1. The molecule has 0 saturated carbocycles. The van der Waals surface area contributed by atoms with E-state index >= 15 is 0 Å². The number of amides is 1. The van der Waals surface area contributed by atoms with Crippen LogP contribution in [0.5, 0.6) is 0 Å². The summed E-state index contributed by atoms with van der Waals surface area (Å²) in [5.74, 6) is 0. The van der Waals surface area contributed by atoms with Gasteiger partial charge in [0.05, 0.1) is 10.5 Å². The Morgan fingerprint density at radius 1 is 1.37 bits per heavy atom. The zero-order valence-corrected chi connectivity index (χ0v) is 16.1. The van der Waals surface area contributed by atoms with Gasteiger partial charge in [0.2, 0.25) is 5.69 Å². The molecule has 27 heavy (non-hydrogen) atoms. The average molecular weight is 380 g/mol. The maximum Gasteiger partial charge on any atom is 0.407 e. The van der Waals surface area contributed by atoms with Gasteiger partial charge in [-0.25, -0.2) is 10.0 Å². The number of rotatable bonds is 3. The SMILES string of the molecule is CC(C)(C)OC(=O)N[C@H]1CCCN(c2c([N+](=O)O)c[n+](O)c3c2CCC3)C1. The number of pyridine rings is 1. The van der Waals surface area contributed by atoms with Crippen LogP contribution in [-0.2, 0) is 17.6 Å². The van der Waals surface area contributed by atoms with Crippen LogP contribution in [0.25, 0.3) is 0 Å². The zero-order chi connectivity index (χ0) is 19.8. The van der Waals surface area contributed by atoms with Crippen molar-refractivity contribution in [2.24, 2.45) is 0 Å². The van der Waals surface area contributed by atoms with Gasteiger partial charge in [0.15, 0.2) is 0 Å². The van der Waals surface area contributed by atoms with Crippen molar-refractivity contribution in [3.63, 3.8) is 0 Å². The topological polar surface area (TPSA) is 106 Å². The molecule has 2 aliphatic rings. The molecule has 1 aliphatic carbocycles. The van der Waals surface area contributed by atoms with Gasteiger partial charge in [0, 0.05) is 30.3 Å². The fraction of sp³-hybridized carbons (Fsp3) is 0.667. The maximum absolute atomic E-state index is 12.1. The fourth-order valence-electron chi connectivity index (χ4n) is 3.91. The molecule has 0 aromatic carbocycles. The van der Waals surface area contributed by atoms with Crippen LogP contribution in [0.2, 0.25) is 0 Å². The normalized spacial score (nSPS) is 19.5. The van der Waals surface area contributed by atoms with Gasteiger partial charge in [-0.3, -0.25) is 5.21 Å². The first-order chi connectivity index (χ1) is 12.7. The molecular weight excluding hydrogens is 352 g/mol. The number of piperidine rings is 1. The average Bonchev–Trinajstić information content (AvgIpc) is 3.03. The third kappa shape index (κ3) is 4.23. The Balaban J connectivity index is 1.83. The lowest BCUT2D eigenvalue weighted by atomic mass is 10.0. The third-order valence-electron chi connectivity index (χ3n) is 4.90. The van der Waals surface area contributed by atoms with Gasteiger partial charge in [-0.1, -0.05) is 0 Å². The van der Waals surface area contributed by atoms with Crippen LogP contribution < -0.4 is 14.9 Å². The molecular formula is C18H28N4O5+2. The van der Waals surface area contributed by atoms with Crippen molar-refractivity contribution in [2.45, 2.75) is 64.5 Å². The van der Waals surface area contributed by atoms with Gasteiger partial charge < -0.3 is 15.0 Å². The van der Waals surface area contributed by atoms with E-state index in [9.17, 15) is 20.1 Å². The van der Waals surface area contributed by atoms with E-state index in [1.165, 1.54) is 6.20 Å². The first-order valence-corrected chi connectivity index (χ1v) is 9.36. The Morgan fingerprint density at radius 2 is 2.11 bits per heavy atom. The predicted octanol–water partition coefficient (Wildman–Crippen LogP) is 1.99. The quantitative estimate of drug-likeness (QED) is 0.421. The van der Waals surface area contributed by atoms with Crippen LogP contribution in [0.1, 0.15) is 51.3 Å². The molecule has 2 heterocycles. The van der Waals surface area contributed by atoms with E-state index in [0.717, 1.165) is 48.1 Å². The fourth-order valence-corrected chi connectivity index (χ4v) is 3.91. The van der Waals surface area contributed by atoms with E-state index in [4.69, 9.17) is 4.74 Å². The predicted molar refractivity (Wildman–Crippen MR) is 95.5 cm³/mol. The van der Waals surface area contributed by atoms with E-state index in [0.29, 0.717) is 18.8 Å². The summed E-state index contributed by atoms with van der Waals surface area (Å²) >= 11 is 0. The smallest absolute Gasteiger partial charge is 0.407 e. The number of hydrogen-bond acceptors (Lipinski definition) is 5. The molecule has 9 nitrogen and oxygen atoms in total. The minimum atomic E-state index is -0.569. The van der Waals surface area contributed by atoms with Crippen molar-refractivity contribution in [3.05, 3.63) is 22.4 Å². The molecule has 1 aromatic heterocycles. The Labute approximate surface area is 158 Å². The Morgan fingerprint density at radius 3 is 2.78 bits per heavy atom. The summed E-state index contributed by atoms with van der Waals surface area (Å²) in [4.78, 5) is 25.6. The Hall–Kier alpha value is -2.58. The second kappa shape index (κ2) is 7.21. The van der Waals surface area contributed by atoms with Crippen LogP contribution in [0.4, 0.5) is 16.2 Å². The van der Waals surface area contributed by atoms with Crippen LogP contribution in [0.15, 0.2) is 6.20 Å². The Kier molecular flexibility index (Phi) is 5.12. The van der Waals surface area contributed by atoms with Gasteiger partial charge in [-0.15, -0.1) is 0 Å². The standard InChI is InChI=1S/C18H27N4O5/c1-18(2,3)27-17(23)19-12-6-5-9-20(10-12)16-13-7-4-8-14(13)21(24)11-15(16)22(25)26/h11-12H,4-10H2,1-3H3,(H2-,19,23,24,25,26)/q+1/p+1/t12-/m0/s1. The maximum atomic E-state index is 12.1. The highest BCUT2D eigenvalue weighted by Gasteiger charge is 2.39. The molecule has 1 atom stereocenters. The van der Waals surface area contributed by atoms with Crippen LogP contribution in [-0.4, -0.2) is 46.2 Å². The van der Waals surface area contributed by atoms with Crippen LogP contribution >= 0.6 is 0 Å². The van der Waals surface area contributed by atoms with Crippen molar-refractivity contribution >= 4 is 17.5 Å². The molecule has 9 heteroatoms. The van der Waals surface area contributed by atoms with Gasteiger partial charge in [0.25, 0.3) is 4.92 Å². The van der Waals surface area contributed by atoms with Crippen molar-refractivity contribution in [1.29, 1.82) is 0 Å². The molecule has 0 spiro atoms. The van der Waals surface area contributed by atoms with Gasteiger partial charge in [-0.2, -0.15) is 0 Å². The highest BCUT2D eigenvalue weighted by atomic mass is 16.6. The molecule has 3 N–H and O–H groups in total. The third-order valence-corrected chi connectivity index (χ3v) is 4.90. The summed E-state index contributed by atoms with van der Waals surface area (Å²) < 4.78 is 6.26. The second-order valence-corrected chi connectivity index (χ2v) is 8.19. The summed E-state index contributed by atoms with van der Waals surface area (Å²) in [5.41, 5.74) is 1.72. The van der Waals surface area contributed by atoms with Crippen molar-refractivity contribution in [3.8, 4) is 0 Å². The number of anilines is 1. The van der Waals surface area contributed by atoms with E-state index in [1.54, 1.807) is 0 Å². The second-order valence-electron chi connectivity index (χ2n) is 8.19. The van der Waals surface area contributed by atoms with E-state index in [2.05, 4.69) is 5.32 Å². The highest BCUT2D eigenvalue weighted by molar-refractivity contribution is 5.70. The van der Waals surface area contributed by atoms with Gasteiger partial charge >= 0.3 is 18.0 Å². The number of nitrogens with one attached hydrogen (secondary N) is 1. The minimum Gasteiger partial charge on any atom is -0.444 e. The summed E-state index contributed by atoms with van der Waals surface area (Å²) in [5, 5.41) is 22.6. The Bertz CT molecular complexity index is 759. The summed E-state index contributed by atoms with van der Waals surface area (Å²) in [6.45, 7) is 6.64. The first-order valence-electron chi connectivity index (χ1n) is 9.36. The molecule has 1 aromatic rings. The summed E-state index contributed by atoms with van der Waals surface area (Å²) in [6, 6.07) is -0.126. The molecule has 1 amide bonds. The van der Waals surface area contributed by atoms with Crippen molar-refractivity contribution < 1.29 is 29.6 Å². The highest BCUT2D eigenvalue weighted by Crippen LogP contribution is 2.37. The molecule has 3 rings (SSSR count). The number of fused-ring (bicyclic) bond motifs is 1. The van der Waals surface area contributed by atoms with E-state index in [1.807, 2.05) is 25.7 Å². The van der Waals surface area contributed by atoms with Crippen molar-refractivity contribution in [1.82, 2.24) is 5.32 Å². The number of carbonyl (C=O) groups excluding carboxylic acids is 1. The van der Waals surface area contributed by atoms with Gasteiger partial charge in [0.1, 0.15) is 11.3 Å². The number of ether oxygens (including phenoxy) is 1. The lowest BCUT2D eigenvalue weighted by Gasteiger charge is -2.35. The number of nitrogens with zero attached hydrogens (tertiary/aromatic N) is 3. The molecule has 148 valence electrons. The van der Waals surface area contributed by atoms with Gasteiger partial charge in [-0.05, 0) is 46.5 Å². The summed E-state index contributed by atoms with van der Waals surface area (Å²) in [6.07, 6.45) is 4.74. The number of carbonyl (C=O) groups is 1. The van der Waals surface area contributed by atoms with E-state index < -0.39 is 11.7 Å². The lowest BCUT2D eigenvalue weighted by Crippen LogP contribution is -2.49. The number of aromatic nitrogens is 1.